The number of amides is 3. The molecule has 2 aliphatic heterocycles. The lowest BCUT2D eigenvalue weighted by Gasteiger charge is -2.22. The second-order valence-electron chi connectivity index (χ2n) is 4.61. The first-order valence-electron chi connectivity index (χ1n) is 6.66. The third kappa shape index (κ3) is 4.09. The average molecular weight is 286 g/mol. The number of nitrogens with zero attached hydrogens (tertiary/aromatic N) is 1. The van der Waals surface area contributed by atoms with Gasteiger partial charge in [-0.1, -0.05) is 0 Å². The Morgan fingerprint density at radius 3 is 2.90 bits per heavy atom. The average Bonchev–Trinajstić information content (AvgIpc) is 2.78. The van der Waals surface area contributed by atoms with Crippen molar-refractivity contribution in [3.05, 3.63) is 0 Å². The Balaban J connectivity index is 1.58. The summed E-state index contributed by atoms with van der Waals surface area (Å²) in [6.45, 7) is 0.894. The van der Waals surface area contributed by atoms with Crippen molar-refractivity contribution in [3.8, 4) is 0 Å². The van der Waals surface area contributed by atoms with Gasteiger partial charge in [-0.05, 0) is 19.3 Å². The van der Waals surface area contributed by atoms with Crippen LogP contribution in [0.5, 0.6) is 0 Å². The van der Waals surface area contributed by atoms with Crippen LogP contribution in [-0.4, -0.2) is 62.0 Å². The van der Waals surface area contributed by atoms with Gasteiger partial charge < -0.3 is 19.5 Å². The quantitative estimate of drug-likeness (QED) is 0.779. The molecule has 2 rings (SSSR count). The summed E-state index contributed by atoms with van der Waals surface area (Å²) in [5, 5.41) is 2.47. The van der Waals surface area contributed by atoms with E-state index in [0.29, 0.717) is 6.61 Å². The summed E-state index contributed by atoms with van der Waals surface area (Å²) in [6.07, 6.45) is 1.71. The van der Waals surface area contributed by atoms with Crippen LogP contribution in [0.3, 0.4) is 0 Å². The van der Waals surface area contributed by atoms with Gasteiger partial charge in [-0.2, -0.15) is 0 Å². The molecule has 0 bridgehead atoms. The number of alkyl carbamates (subject to hydrolysis) is 1. The van der Waals surface area contributed by atoms with Crippen molar-refractivity contribution < 1.29 is 28.6 Å². The molecular weight excluding hydrogens is 268 g/mol. The molecule has 8 heteroatoms. The number of rotatable bonds is 5. The SMILES string of the molecule is O=C(NCCN1C(=O)COC1=O)OC[C@H]1CCCCO1. The van der Waals surface area contributed by atoms with E-state index in [0.717, 1.165) is 24.2 Å². The van der Waals surface area contributed by atoms with Gasteiger partial charge in [0.05, 0.1) is 6.10 Å². The molecule has 112 valence electrons. The summed E-state index contributed by atoms with van der Waals surface area (Å²) in [4.78, 5) is 34.7. The van der Waals surface area contributed by atoms with Crippen molar-refractivity contribution in [3.63, 3.8) is 0 Å². The summed E-state index contributed by atoms with van der Waals surface area (Å²) in [7, 11) is 0. The highest BCUT2D eigenvalue weighted by Crippen LogP contribution is 2.12. The standard InChI is InChI=1S/C12H18N2O6/c15-10-8-20-12(17)14(10)5-4-13-11(16)19-7-9-3-1-2-6-18-9/h9H,1-8H2,(H,13,16)/t9-/m1/s1. The molecule has 0 aromatic rings. The molecule has 0 aromatic heterocycles. The van der Waals surface area contributed by atoms with Crippen molar-refractivity contribution in [2.75, 3.05) is 32.9 Å². The van der Waals surface area contributed by atoms with E-state index in [9.17, 15) is 14.4 Å². The minimum absolute atomic E-state index is 0.0374. The predicted octanol–water partition coefficient (Wildman–Crippen LogP) is 0.260. The molecule has 2 heterocycles. The normalized spacial score (nSPS) is 22.6. The molecule has 0 saturated carbocycles. The van der Waals surface area contributed by atoms with Crippen LogP contribution in [0.2, 0.25) is 0 Å². The van der Waals surface area contributed by atoms with Crippen LogP contribution in [0.15, 0.2) is 0 Å². The van der Waals surface area contributed by atoms with Crippen molar-refractivity contribution in [1.29, 1.82) is 0 Å². The Kier molecular flexibility index (Phi) is 5.16. The lowest BCUT2D eigenvalue weighted by molar-refractivity contribution is -0.125. The third-order valence-electron chi connectivity index (χ3n) is 3.12. The van der Waals surface area contributed by atoms with Gasteiger partial charge in [0, 0.05) is 19.7 Å². The van der Waals surface area contributed by atoms with Crippen molar-refractivity contribution in [2.45, 2.75) is 25.4 Å². The van der Waals surface area contributed by atoms with E-state index >= 15 is 0 Å². The third-order valence-corrected chi connectivity index (χ3v) is 3.12. The minimum Gasteiger partial charge on any atom is -0.447 e. The molecule has 0 unspecified atom stereocenters. The van der Waals surface area contributed by atoms with Gasteiger partial charge in [0.1, 0.15) is 6.61 Å². The number of carbonyl (C=O) groups excluding carboxylic acids is 3. The Bertz CT molecular complexity index is 364. The van der Waals surface area contributed by atoms with Crippen molar-refractivity contribution >= 4 is 18.1 Å². The van der Waals surface area contributed by atoms with E-state index in [1.807, 2.05) is 0 Å². The van der Waals surface area contributed by atoms with E-state index in [-0.39, 0.29) is 32.4 Å². The van der Waals surface area contributed by atoms with Crippen LogP contribution in [0, 0.1) is 0 Å². The Hall–Kier alpha value is -1.83. The highest BCUT2D eigenvalue weighted by molar-refractivity contribution is 5.97. The number of imide groups is 1. The molecule has 0 spiro atoms. The molecule has 2 aliphatic rings. The monoisotopic (exact) mass is 286 g/mol. The molecule has 0 aromatic carbocycles. The number of nitrogens with one attached hydrogen (secondary N) is 1. The molecule has 20 heavy (non-hydrogen) atoms. The van der Waals surface area contributed by atoms with Gasteiger partial charge in [-0.25, -0.2) is 14.5 Å². The molecule has 1 atom stereocenters. The van der Waals surface area contributed by atoms with Gasteiger partial charge in [0.25, 0.3) is 5.91 Å². The van der Waals surface area contributed by atoms with Crippen molar-refractivity contribution in [1.82, 2.24) is 10.2 Å². The highest BCUT2D eigenvalue weighted by atomic mass is 16.6. The fourth-order valence-corrected chi connectivity index (χ4v) is 2.03. The molecule has 2 fully saturated rings. The number of hydrogen-bond donors (Lipinski definition) is 1. The molecule has 2 saturated heterocycles. The first kappa shape index (κ1) is 14.6. The second-order valence-corrected chi connectivity index (χ2v) is 4.61. The molecule has 8 nitrogen and oxygen atoms in total. The maximum Gasteiger partial charge on any atom is 0.417 e. The first-order valence-corrected chi connectivity index (χ1v) is 6.66. The first-order chi connectivity index (χ1) is 9.66. The number of ether oxygens (including phenoxy) is 3. The van der Waals surface area contributed by atoms with Gasteiger partial charge >= 0.3 is 12.2 Å². The van der Waals surface area contributed by atoms with E-state index in [1.54, 1.807) is 0 Å². The summed E-state index contributed by atoms with van der Waals surface area (Å²) < 4.78 is 15.0. The Morgan fingerprint density at radius 2 is 2.25 bits per heavy atom. The van der Waals surface area contributed by atoms with Crippen molar-refractivity contribution in [2.24, 2.45) is 0 Å². The number of hydrogen-bond acceptors (Lipinski definition) is 6. The van der Waals surface area contributed by atoms with Crippen LogP contribution in [0.1, 0.15) is 19.3 Å². The minimum atomic E-state index is -0.680. The zero-order chi connectivity index (χ0) is 14.4. The van der Waals surface area contributed by atoms with Crippen LogP contribution >= 0.6 is 0 Å². The summed E-state index contributed by atoms with van der Waals surface area (Å²) >= 11 is 0. The number of cyclic esters (lactones) is 1. The molecule has 3 amide bonds. The fraction of sp³-hybridized carbons (Fsp3) is 0.750. The molecule has 0 radical (unpaired) electrons. The lowest BCUT2D eigenvalue weighted by Crippen LogP contribution is -2.38. The van der Waals surface area contributed by atoms with E-state index < -0.39 is 18.1 Å². The number of carbonyl (C=O) groups is 3. The Labute approximate surface area is 116 Å². The van der Waals surface area contributed by atoms with E-state index in [1.165, 1.54) is 0 Å². The highest BCUT2D eigenvalue weighted by Gasteiger charge is 2.30. The van der Waals surface area contributed by atoms with E-state index in [2.05, 4.69) is 10.1 Å². The van der Waals surface area contributed by atoms with Crippen LogP contribution in [0.4, 0.5) is 9.59 Å². The van der Waals surface area contributed by atoms with E-state index in [4.69, 9.17) is 9.47 Å². The van der Waals surface area contributed by atoms with Crippen LogP contribution < -0.4 is 5.32 Å². The largest absolute Gasteiger partial charge is 0.447 e. The smallest absolute Gasteiger partial charge is 0.417 e. The topological polar surface area (TPSA) is 94.2 Å². The zero-order valence-corrected chi connectivity index (χ0v) is 11.1. The van der Waals surface area contributed by atoms with Crippen LogP contribution in [0.25, 0.3) is 0 Å². The second kappa shape index (κ2) is 7.09. The fourth-order valence-electron chi connectivity index (χ4n) is 2.03. The summed E-state index contributed by atoms with van der Waals surface area (Å²) in [6, 6.07) is 0. The van der Waals surface area contributed by atoms with Gasteiger partial charge in [0.15, 0.2) is 6.61 Å². The van der Waals surface area contributed by atoms with Gasteiger partial charge in [0.2, 0.25) is 0 Å². The van der Waals surface area contributed by atoms with Crippen LogP contribution in [-0.2, 0) is 19.0 Å². The van der Waals surface area contributed by atoms with Gasteiger partial charge in [-0.3, -0.25) is 4.79 Å². The van der Waals surface area contributed by atoms with Gasteiger partial charge in [-0.15, -0.1) is 0 Å². The maximum atomic E-state index is 11.4. The maximum absolute atomic E-state index is 11.4. The summed E-state index contributed by atoms with van der Waals surface area (Å²) in [5.74, 6) is -0.402. The lowest BCUT2D eigenvalue weighted by atomic mass is 10.1. The zero-order valence-electron chi connectivity index (χ0n) is 11.1. The molecular formula is C12H18N2O6. The summed E-state index contributed by atoms with van der Waals surface area (Å²) in [5.41, 5.74) is 0. The predicted molar refractivity (Wildman–Crippen MR) is 66.0 cm³/mol. The Morgan fingerprint density at radius 1 is 1.40 bits per heavy atom. The molecule has 0 aliphatic carbocycles. The molecule has 1 N–H and O–H groups in total.